The lowest BCUT2D eigenvalue weighted by Gasteiger charge is -2.09. The third-order valence-corrected chi connectivity index (χ3v) is 4.50. The fraction of sp³-hybridized carbons (Fsp3) is 0.905. The van der Waals surface area contributed by atoms with Crippen LogP contribution in [0.4, 0.5) is 0 Å². The van der Waals surface area contributed by atoms with Crippen LogP contribution >= 0.6 is 0 Å². The quantitative estimate of drug-likeness (QED) is 0.243. The molecule has 0 aliphatic heterocycles. The number of carbonyl (C=O) groups excluding carboxylic acids is 2. The van der Waals surface area contributed by atoms with E-state index in [2.05, 4.69) is 20.8 Å². The molecule has 0 radical (unpaired) electrons. The van der Waals surface area contributed by atoms with Crippen LogP contribution in [0.3, 0.4) is 0 Å². The van der Waals surface area contributed by atoms with Gasteiger partial charge in [0.15, 0.2) is 0 Å². The third-order valence-electron chi connectivity index (χ3n) is 4.50. The molecule has 0 fully saturated rings. The van der Waals surface area contributed by atoms with Gasteiger partial charge >= 0.3 is 11.9 Å². The number of unbranched alkanes of at least 4 members (excludes halogenated alkanes) is 8. The zero-order chi connectivity index (χ0) is 18.8. The maximum absolute atomic E-state index is 11.5. The molecule has 1 unspecified atom stereocenters. The Morgan fingerprint density at radius 2 is 1.24 bits per heavy atom. The average Bonchev–Trinajstić information content (AvgIpc) is 2.61. The fourth-order valence-electron chi connectivity index (χ4n) is 2.46. The molecule has 0 aromatic rings. The summed E-state index contributed by atoms with van der Waals surface area (Å²) < 4.78 is 10.4. The van der Waals surface area contributed by atoms with Gasteiger partial charge in [0.1, 0.15) is 0 Å². The maximum Gasteiger partial charge on any atom is 0.305 e. The summed E-state index contributed by atoms with van der Waals surface area (Å²) in [5.41, 5.74) is 0. The van der Waals surface area contributed by atoms with E-state index < -0.39 is 0 Å². The highest BCUT2D eigenvalue weighted by Gasteiger charge is 2.06. The fourth-order valence-corrected chi connectivity index (χ4v) is 2.46. The summed E-state index contributed by atoms with van der Waals surface area (Å²) in [6, 6.07) is 0. The van der Waals surface area contributed by atoms with E-state index in [1.54, 1.807) is 0 Å². The van der Waals surface area contributed by atoms with E-state index in [4.69, 9.17) is 9.47 Å². The largest absolute Gasteiger partial charge is 0.466 e. The highest BCUT2D eigenvalue weighted by Crippen LogP contribution is 2.10. The van der Waals surface area contributed by atoms with Crippen molar-refractivity contribution < 1.29 is 19.1 Å². The molecule has 0 N–H and O–H groups in total. The van der Waals surface area contributed by atoms with Crippen molar-refractivity contribution in [3.05, 3.63) is 0 Å². The van der Waals surface area contributed by atoms with Gasteiger partial charge in [-0.1, -0.05) is 72.1 Å². The molecule has 0 spiro atoms. The van der Waals surface area contributed by atoms with Crippen molar-refractivity contribution in [2.75, 3.05) is 13.2 Å². The van der Waals surface area contributed by atoms with Gasteiger partial charge in [-0.25, -0.2) is 0 Å². The molecular formula is C21H40O4. The van der Waals surface area contributed by atoms with Crippen LogP contribution in [-0.4, -0.2) is 25.2 Å². The summed E-state index contributed by atoms with van der Waals surface area (Å²) in [5, 5.41) is 0. The molecule has 148 valence electrons. The number of rotatable bonds is 17. The van der Waals surface area contributed by atoms with Crippen LogP contribution in [0.1, 0.15) is 104 Å². The average molecular weight is 357 g/mol. The van der Waals surface area contributed by atoms with Gasteiger partial charge in [-0.05, 0) is 25.2 Å². The highest BCUT2D eigenvalue weighted by atomic mass is 16.5. The Morgan fingerprint density at radius 3 is 1.80 bits per heavy atom. The molecule has 0 aromatic carbocycles. The van der Waals surface area contributed by atoms with Gasteiger partial charge in [-0.2, -0.15) is 0 Å². The lowest BCUT2D eigenvalue weighted by atomic mass is 10.1. The van der Waals surface area contributed by atoms with Gasteiger partial charge in [0.05, 0.1) is 13.2 Å². The van der Waals surface area contributed by atoms with Gasteiger partial charge in [-0.3, -0.25) is 9.59 Å². The Morgan fingerprint density at radius 1 is 0.720 bits per heavy atom. The summed E-state index contributed by atoms with van der Waals surface area (Å²) in [6.45, 7) is 7.49. The van der Waals surface area contributed by atoms with Gasteiger partial charge < -0.3 is 9.47 Å². The van der Waals surface area contributed by atoms with Crippen molar-refractivity contribution >= 4 is 11.9 Å². The number of hydrogen-bond acceptors (Lipinski definition) is 4. The number of hydrogen-bond donors (Lipinski definition) is 0. The van der Waals surface area contributed by atoms with Crippen LogP contribution in [0.5, 0.6) is 0 Å². The molecule has 0 amide bonds. The van der Waals surface area contributed by atoms with Crippen LogP contribution < -0.4 is 0 Å². The van der Waals surface area contributed by atoms with Crippen LogP contribution in [0.25, 0.3) is 0 Å². The zero-order valence-corrected chi connectivity index (χ0v) is 16.8. The van der Waals surface area contributed by atoms with Crippen LogP contribution in [-0.2, 0) is 19.1 Å². The molecule has 0 heterocycles. The first-order chi connectivity index (χ1) is 12.1. The molecule has 0 rings (SSSR count). The predicted octanol–water partition coefficient (Wildman–Crippen LogP) is 5.82. The van der Waals surface area contributed by atoms with E-state index in [0.717, 1.165) is 57.8 Å². The molecule has 0 aromatic heterocycles. The van der Waals surface area contributed by atoms with E-state index in [1.807, 2.05) is 0 Å². The van der Waals surface area contributed by atoms with E-state index in [1.165, 1.54) is 12.8 Å². The highest BCUT2D eigenvalue weighted by molar-refractivity contribution is 5.69. The monoisotopic (exact) mass is 356 g/mol. The van der Waals surface area contributed by atoms with Crippen molar-refractivity contribution in [3.8, 4) is 0 Å². The van der Waals surface area contributed by atoms with E-state index in [9.17, 15) is 9.59 Å². The Labute approximate surface area is 155 Å². The van der Waals surface area contributed by atoms with Gasteiger partial charge in [0, 0.05) is 12.8 Å². The molecule has 0 saturated heterocycles. The first kappa shape index (κ1) is 23.9. The second kappa shape index (κ2) is 17.8. The summed E-state index contributed by atoms with van der Waals surface area (Å²) in [6.07, 6.45) is 12.8. The van der Waals surface area contributed by atoms with Crippen molar-refractivity contribution in [1.82, 2.24) is 0 Å². The lowest BCUT2D eigenvalue weighted by Crippen LogP contribution is -2.11. The number of esters is 2. The smallest absolute Gasteiger partial charge is 0.305 e. The predicted molar refractivity (Wildman–Crippen MR) is 102 cm³/mol. The Bertz CT molecular complexity index is 328. The molecular weight excluding hydrogens is 316 g/mol. The topological polar surface area (TPSA) is 52.6 Å². The summed E-state index contributed by atoms with van der Waals surface area (Å²) >= 11 is 0. The standard InChI is InChI=1S/C21H40O4/c1-4-6-7-14-17-24-20(22)15-12-10-8-9-11-13-16-21(23)25-18-19(3)5-2/h19H,4-18H2,1-3H3. The minimum absolute atomic E-state index is 0.0550. The summed E-state index contributed by atoms with van der Waals surface area (Å²) in [4.78, 5) is 23.1. The lowest BCUT2D eigenvalue weighted by molar-refractivity contribution is -0.145. The third kappa shape index (κ3) is 17.6. The molecule has 0 saturated carbocycles. The summed E-state index contributed by atoms with van der Waals surface area (Å²) in [7, 11) is 0. The molecule has 0 bridgehead atoms. The number of carbonyl (C=O) groups is 2. The van der Waals surface area contributed by atoms with Crippen LogP contribution in [0.2, 0.25) is 0 Å². The summed E-state index contributed by atoms with van der Waals surface area (Å²) in [5.74, 6) is 0.328. The second-order valence-electron chi connectivity index (χ2n) is 7.10. The molecule has 1 atom stereocenters. The molecule has 4 heteroatoms. The zero-order valence-electron chi connectivity index (χ0n) is 16.8. The Balaban J connectivity index is 3.30. The maximum atomic E-state index is 11.5. The van der Waals surface area contributed by atoms with E-state index in [0.29, 0.717) is 32.0 Å². The first-order valence-corrected chi connectivity index (χ1v) is 10.4. The molecule has 0 aliphatic rings. The second-order valence-corrected chi connectivity index (χ2v) is 7.10. The van der Waals surface area contributed by atoms with Crippen LogP contribution in [0, 0.1) is 5.92 Å². The molecule has 0 aliphatic carbocycles. The Kier molecular flexibility index (Phi) is 17.0. The van der Waals surface area contributed by atoms with Crippen molar-refractivity contribution in [1.29, 1.82) is 0 Å². The van der Waals surface area contributed by atoms with Crippen LogP contribution in [0.15, 0.2) is 0 Å². The van der Waals surface area contributed by atoms with Gasteiger partial charge in [-0.15, -0.1) is 0 Å². The van der Waals surface area contributed by atoms with E-state index >= 15 is 0 Å². The molecule has 4 nitrogen and oxygen atoms in total. The van der Waals surface area contributed by atoms with Crippen molar-refractivity contribution in [2.24, 2.45) is 5.92 Å². The van der Waals surface area contributed by atoms with Gasteiger partial charge in [0.25, 0.3) is 0 Å². The first-order valence-electron chi connectivity index (χ1n) is 10.4. The normalized spacial score (nSPS) is 12.0. The van der Waals surface area contributed by atoms with E-state index in [-0.39, 0.29) is 11.9 Å². The molecule has 25 heavy (non-hydrogen) atoms. The minimum Gasteiger partial charge on any atom is -0.466 e. The Hall–Kier alpha value is -1.06. The van der Waals surface area contributed by atoms with Crippen molar-refractivity contribution in [3.63, 3.8) is 0 Å². The van der Waals surface area contributed by atoms with Crippen molar-refractivity contribution in [2.45, 2.75) is 104 Å². The number of ether oxygens (including phenoxy) is 2. The minimum atomic E-state index is -0.0676. The van der Waals surface area contributed by atoms with Gasteiger partial charge in [0.2, 0.25) is 0 Å². The SMILES string of the molecule is CCCCCCOC(=O)CCCCCCCCC(=O)OCC(C)CC.